The third-order valence-electron chi connectivity index (χ3n) is 0.929. The molecule has 0 radical (unpaired) electrons. The molecule has 0 aliphatic heterocycles. The molecule has 0 spiro atoms. The van der Waals surface area contributed by atoms with Crippen molar-refractivity contribution >= 4 is 6.21 Å². The summed E-state index contributed by atoms with van der Waals surface area (Å²) in [6.45, 7) is 11.2. The van der Waals surface area contributed by atoms with E-state index in [1.54, 1.807) is 0 Å². The molecular formula is C10H18N2. The minimum Gasteiger partial charge on any atom is -0.398 e. The zero-order chi connectivity index (χ0) is 9.98. The molecule has 0 aromatic rings. The van der Waals surface area contributed by atoms with Crippen LogP contribution >= 0.6 is 0 Å². The van der Waals surface area contributed by atoms with E-state index in [2.05, 4.69) is 27.0 Å². The molecule has 2 nitrogen and oxygen atoms in total. The van der Waals surface area contributed by atoms with Crippen molar-refractivity contribution in [1.29, 1.82) is 5.41 Å². The fourth-order valence-corrected chi connectivity index (χ4v) is 0.378. The predicted octanol–water partition coefficient (Wildman–Crippen LogP) is 2.64. The minimum atomic E-state index is 0.486. The molecule has 68 valence electrons. The lowest BCUT2D eigenvalue weighted by Gasteiger charge is -1.93. The predicted molar refractivity (Wildman–Crippen MR) is 56.4 cm³/mol. The van der Waals surface area contributed by atoms with E-state index in [-0.39, 0.29) is 0 Å². The molecule has 0 heterocycles. The molecule has 3 N–H and O–H groups in total. The Kier molecular flexibility index (Phi) is 10.7. The van der Waals surface area contributed by atoms with Gasteiger partial charge < -0.3 is 11.1 Å². The van der Waals surface area contributed by atoms with Crippen LogP contribution in [0, 0.1) is 5.41 Å². The summed E-state index contributed by atoms with van der Waals surface area (Å²) >= 11 is 0. The molecule has 0 aliphatic carbocycles. The average molecular weight is 166 g/mol. The van der Waals surface area contributed by atoms with Gasteiger partial charge in [-0.05, 0) is 6.08 Å². The molecule has 0 saturated carbocycles. The van der Waals surface area contributed by atoms with Crippen molar-refractivity contribution in [3.8, 4) is 0 Å². The first kappa shape index (κ1) is 13.3. The van der Waals surface area contributed by atoms with Gasteiger partial charge >= 0.3 is 0 Å². The fraction of sp³-hybridized carbons (Fsp3) is 0.300. The van der Waals surface area contributed by atoms with E-state index in [4.69, 9.17) is 11.1 Å². The SMILES string of the molecule is C=C/C(N)=C(\C=C)C=N.CCC. The summed E-state index contributed by atoms with van der Waals surface area (Å²) in [6.07, 6.45) is 5.40. The zero-order valence-corrected chi connectivity index (χ0v) is 7.93. The second-order valence-electron chi connectivity index (χ2n) is 2.17. The zero-order valence-electron chi connectivity index (χ0n) is 7.93. The summed E-state index contributed by atoms with van der Waals surface area (Å²) in [5.74, 6) is 0. The molecule has 0 rings (SSSR count). The van der Waals surface area contributed by atoms with E-state index in [1.165, 1.54) is 18.6 Å². The number of nitrogens with one attached hydrogen (secondary N) is 1. The van der Waals surface area contributed by atoms with Crippen LogP contribution < -0.4 is 5.73 Å². The van der Waals surface area contributed by atoms with E-state index < -0.39 is 0 Å². The Bertz CT molecular complexity index is 168. The number of nitrogens with two attached hydrogens (primary N) is 1. The van der Waals surface area contributed by atoms with E-state index in [0.717, 1.165) is 6.21 Å². The topological polar surface area (TPSA) is 49.9 Å². The Labute approximate surface area is 75.0 Å². The molecule has 0 amide bonds. The summed E-state index contributed by atoms with van der Waals surface area (Å²) in [4.78, 5) is 0. The average Bonchev–Trinajstić information content (AvgIpc) is 2.08. The van der Waals surface area contributed by atoms with Crippen LogP contribution in [0.25, 0.3) is 0 Å². The van der Waals surface area contributed by atoms with Gasteiger partial charge in [-0.25, -0.2) is 0 Å². The highest BCUT2D eigenvalue weighted by Gasteiger charge is 1.87. The Hall–Kier alpha value is -1.31. The highest BCUT2D eigenvalue weighted by Crippen LogP contribution is 1.95. The molecular weight excluding hydrogens is 148 g/mol. The Morgan fingerprint density at radius 3 is 1.83 bits per heavy atom. The molecule has 12 heavy (non-hydrogen) atoms. The lowest BCUT2D eigenvalue weighted by molar-refractivity contribution is 1.09. The molecule has 0 aliphatic rings. The monoisotopic (exact) mass is 166 g/mol. The third kappa shape index (κ3) is 6.81. The van der Waals surface area contributed by atoms with Crippen molar-refractivity contribution in [1.82, 2.24) is 0 Å². The molecule has 0 atom stereocenters. The summed E-state index contributed by atoms with van der Waals surface area (Å²) in [6, 6.07) is 0. The van der Waals surface area contributed by atoms with Gasteiger partial charge in [-0.1, -0.05) is 39.5 Å². The molecule has 0 bridgehead atoms. The summed E-state index contributed by atoms with van der Waals surface area (Å²) in [7, 11) is 0. The van der Waals surface area contributed by atoms with Crippen molar-refractivity contribution in [3.63, 3.8) is 0 Å². The first-order valence-electron chi connectivity index (χ1n) is 3.92. The van der Waals surface area contributed by atoms with Crippen molar-refractivity contribution in [2.45, 2.75) is 20.3 Å². The van der Waals surface area contributed by atoms with Gasteiger partial charge in [-0.15, -0.1) is 0 Å². The number of allylic oxidation sites excluding steroid dienone is 3. The first-order chi connectivity index (χ1) is 5.67. The molecule has 0 aromatic carbocycles. The van der Waals surface area contributed by atoms with Crippen LogP contribution in [0.3, 0.4) is 0 Å². The normalized spacial score (nSPS) is 10.2. The van der Waals surface area contributed by atoms with Crippen molar-refractivity contribution < 1.29 is 0 Å². The number of rotatable bonds is 3. The Morgan fingerprint density at radius 2 is 1.75 bits per heavy atom. The quantitative estimate of drug-likeness (QED) is 0.491. The van der Waals surface area contributed by atoms with Crippen LogP contribution in [0.2, 0.25) is 0 Å². The summed E-state index contributed by atoms with van der Waals surface area (Å²) < 4.78 is 0. The first-order valence-corrected chi connectivity index (χ1v) is 3.92. The second-order valence-corrected chi connectivity index (χ2v) is 2.17. The van der Waals surface area contributed by atoms with E-state index in [0.29, 0.717) is 11.3 Å². The van der Waals surface area contributed by atoms with Gasteiger partial charge in [-0.2, -0.15) is 0 Å². The molecule has 2 heteroatoms. The third-order valence-corrected chi connectivity index (χ3v) is 0.929. The van der Waals surface area contributed by atoms with Gasteiger partial charge in [0.25, 0.3) is 0 Å². The lowest BCUT2D eigenvalue weighted by Crippen LogP contribution is -1.97. The maximum absolute atomic E-state index is 6.81. The Morgan fingerprint density at radius 1 is 1.33 bits per heavy atom. The molecule has 0 aromatic heterocycles. The van der Waals surface area contributed by atoms with Crippen LogP contribution in [0.5, 0.6) is 0 Å². The van der Waals surface area contributed by atoms with Crippen LogP contribution in [0.15, 0.2) is 36.6 Å². The van der Waals surface area contributed by atoms with Gasteiger partial charge in [0.2, 0.25) is 0 Å². The van der Waals surface area contributed by atoms with Gasteiger partial charge in [0.15, 0.2) is 0 Å². The largest absolute Gasteiger partial charge is 0.398 e. The summed E-state index contributed by atoms with van der Waals surface area (Å²) in [5, 5.41) is 6.81. The van der Waals surface area contributed by atoms with Crippen LogP contribution in [0.4, 0.5) is 0 Å². The minimum absolute atomic E-state index is 0.486. The maximum atomic E-state index is 6.81. The van der Waals surface area contributed by atoms with Crippen molar-refractivity contribution in [2.75, 3.05) is 0 Å². The van der Waals surface area contributed by atoms with Crippen molar-refractivity contribution in [3.05, 3.63) is 36.6 Å². The van der Waals surface area contributed by atoms with E-state index in [1.807, 2.05) is 0 Å². The Balaban J connectivity index is 0. The standard InChI is InChI=1S/C7H10N2.C3H8/c1-3-6(5-8)7(9)4-2;1-3-2/h3-5,8H,1-2,9H2;3H2,1-2H3/b7-6-,8-5?;. The fourth-order valence-electron chi connectivity index (χ4n) is 0.378. The van der Waals surface area contributed by atoms with E-state index in [9.17, 15) is 0 Å². The molecule has 0 unspecified atom stereocenters. The van der Waals surface area contributed by atoms with Crippen molar-refractivity contribution in [2.24, 2.45) is 5.73 Å². The van der Waals surface area contributed by atoms with Crippen LogP contribution in [-0.2, 0) is 0 Å². The summed E-state index contributed by atoms with van der Waals surface area (Å²) in [5.41, 5.74) is 6.47. The maximum Gasteiger partial charge on any atom is 0.0396 e. The lowest BCUT2D eigenvalue weighted by atomic mass is 10.2. The smallest absolute Gasteiger partial charge is 0.0396 e. The van der Waals surface area contributed by atoms with Crippen LogP contribution in [-0.4, -0.2) is 6.21 Å². The van der Waals surface area contributed by atoms with Crippen LogP contribution in [0.1, 0.15) is 20.3 Å². The van der Waals surface area contributed by atoms with Gasteiger partial charge in [0.05, 0.1) is 0 Å². The highest BCUT2D eigenvalue weighted by molar-refractivity contribution is 5.81. The van der Waals surface area contributed by atoms with Gasteiger partial charge in [0.1, 0.15) is 0 Å². The second kappa shape index (κ2) is 9.69. The molecule has 0 saturated heterocycles. The number of hydrogen-bond acceptors (Lipinski definition) is 2. The number of hydrogen-bond donors (Lipinski definition) is 2. The van der Waals surface area contributed by atoms with Gasteiger partial charge in [0, 0.05) is 17.5 Å². The highest BCUT2D eigenvalue weighted by atomic mass is 14.6. The van der Waals surface area contributed by atoms with Gasteiger partial charge in [-0.3, -0.25) is 0 Å². The van der Waals surface area contributed by atoms with E-state index >= 15 is 0 Å². The molecule has 0 fully saturated rings.